The summed E-state index contributed by atoms with van der Waals surface area (Å²) in [4.78, 5) is 17.9. The van der Waals surface area contributed by atoms with Crippen LogP contribution in [0.25, 0.3) is 11.3 Å². The van der Waals surface area contributed by atoms with E-state index < -0.39 is 5.97 Å². The molecule has 0 fully saturated rings. The van der Waals surface area contributed by atoms with Crippen LogP contribution in [0.4, 0.5) is 0 Å². The highest BCUT2D eigenvalue weighted by molar-refractivity contribution is 9.10. The van der Waals surface area contributed by atoms with E-state index in [4.69, 9.17) is 13.9 Å². The van der Waals surface area contributed by atoms with Crippen LogP contribution in [-0.2, 0) is 9.53 Å². The van der Waals surface area contributed by atoms with Gasteiger partial charge in [0.1, 0.15) is 11.5 Å². The first-order valence-electron chi connectivity index (χ1n) is 8.01. The first-order chi connectivity index (χ1) is 13.2. The molecule has 0 saturated heterocycles. The highest BCUT2D eigenvalue weighted by atomic mass is 79.9. The van der Waals surface area contributed by atoms with Crippen LogP contribution in [0.15, 0.2) is 79.8 Å². The Morgan fingerprint density at radius 2 is 2.00 bits per heavy atom. The number of hydrogen-bond donors (Lipinski definition) is 0. The molecule has 5 nitrogen and oxygen atoms in total. The second-order valence-corrected chi connectivity index (χ2v) is 7.64. The molecule has 2 aromatic heterocycles. The zero-order valence-electron chi connectivity index (χ0n) is 13.6. The molecule has 5 rings (SSSR count). The quantitative estimate of drug-likeness (QED) is 0.403. The van der Waals surface area contributed by atoms with E-state index in [1.165, 1.54) is 6.26 Å². The van der Waals surface area contributed by atoms with E-state index in [2.05, 4.69) is 20.9 Å². The van der Waals surface area contributed by atoms with Crippen molar-refractivity contribution in [3.8, 4) is 5.75 Å². The van der Waals surface area contributed by atoms with Crippen molar-refractivity contribution in [3.05, 3.63) is 86.6 Å². The Morgan fingerprint density at radius 3 is 2.78 bits per heavy atom. The monoisotopic (exact) mass is 439 g/mol. The molecule has 3 aromatic rings. The van der Waals surface area contributed by atoms with Crippen LogP contribution in [0.5, 0.6) is 5.75 Å². The molecule has 0 unspecified atom stereocenters. The Morgan fingerprint density at radius 1 is 1.07 bits per heavy atom. The smallest absolute Gasteiger partial charge is 0.364 e. The van der Waals surface area contributed by atoms with Crippen molar-refractivity contribution in [3.63, 3.8) is 0 Å². The molecule has 1 aromatic carbocycles. The average Bonchev–Trinajstić information content (AvgIpc) is 3.42. The van der Waals surface area contributed by atoms with E-state index in [0.29, 0.717) is 22.8 Å². The third-order valence-electron chi connectivity index (χ3n) is 4.07. The van der Waals surface area contributed by atoms with Crippen LogP contribution in [0.2, 0.25) is 0 Å². The predicted octanol–water partition coefficient (Wildman–Crippen LogP) is 5.25. The van der Waals surface area contributed by atoms with E-state index in [1.807, 2.05) is 41.8 Å². The lowest BCUT2D eigenvalue weighted by atomic mass is 9.99. The van der Waals surface area contributed by atoms with Gasteiger partial charge in [-0.25, -0.2) is 9.79 Å². The summed E-state index contributed by atoms with van der Waals surface area (Å²) in [7, 11) is 0. The van der Waals surface area contributed by atoms with Crippen molar-refractivity contribution in [1.82, 2.24) is 0 Å². The van der Waals surface area contributed by atoms with Gasteiger partial charge in [0.15, 0.2) is 11.5 Å². The lowest BCUT2D eigenvalue weighted by Crippen LogP contribution is -2.08. The maximum absolute atomic E-state index is 12.6. The Hall–Kier alpha value is -2.90. The van der Waals surface area contributed by atoms with Crippen molar-refractivity contribution in [2.45, 2.75) is 0 Å². The Kier molecular flexibility index (Phi) is 3.84. The van der Waals surface area contributed by atoms with Gasteiger partial charge in [-0.2, -0.15) is 0 Å². The first-order valence-corrected chi connectivity index (χ1v) is 9.69. The molecular formula is C20H10BrNO4S. The molecule has 7 heteroatoms. The summed E-state index contributed by atoms with van der Waals surface area (Å²) in [5.41, 5.74) is 1.63. The van der Waals surface area contributed by atoms with Crippen LogP contribution < -0.4 is 4.74 Å². The highest BCUT2D eigenvalue weighted by Crippen LogP contribution is 2.41. The van der Waals surface area contributed by atoms with Crippen LogP contribution >= 0.6 is 27.3 Å². The Bertz CT molecular complexity index is 1140. The Labute approximate surface area is 166 Å². The molecule has 132 valence electrons. The molecule has 2 aliphatic rings. The minimum absolute atomic E-state index is 0.154. The predicted molar refractivity (Wildman–Crippen MR) is 105 cm³/mol. The number of carbonyl (C=O) groups excluding carboxylic acids is 1. The third kappa shape index (κ3) is 2.85. The van der Waals surface area contributed by atoms with Gasteiger partial charge >= 0.3 is 5.97 Å². The molecule has 0 spiro atoms. The number of ether oxygens (including phenoxy) is 2. The van der Waals surface area contributed by atoms with Gasteiger partial charge in [-0.15, -0.1) is 11.3 Å². The second kappa shape index (κ2) is 6.37. The molecule has 0 amide bonds. The maximum Gasteiger partial charge on any atom is 0.364 e. The number of esters is 1. The summed E-state index contributed by atoms with van der Waals surface area (Å²) >= 11 is 5.03. The minimum atomic E-state index is -0.522. The summed E-state index contributed by atoms with van der Waals surface area (Å²) in [5.74, 6) is 1.35. The zero-order chi connectivity index (χ0) is 18.4. The molecule has 4 heterocycles. The topological polar surface area (TPSA) is 61.0 Å². The summed E-state index contributed by atoms with van der Waals surface area (Å²) < 4.78 is 17.5. The fourth-order valence-electron chi connectivity index (χ4n) is 2.88. The van der Waals surface area contributed by atoms with Gasteiger partial charge < -0.3 is 13.9 Å². The van der Waals surface area contributed by atoms with Gasteiger partial charge in [0.2, 0.25) is 0 Å². The summed E-state index contributed by atoms with van der Waals surface area (Å²) in [6.45, 7) is 0. The van der Waals surface area contributed by atoms with Gasteiger partial charge in [0, 0.05) is 15.6 Å². The molecule has 0 radical (unpaired) electrons. The van der Waals surface area contributed by atoms with Crippen LogP contribution in [0.1, 0.15) is 16.2 Å². The van der Waals surface area contributed by atoms with Crippen molar-refractivity contribution in [2.75, 3.05) is 0 Å². The molecule has 0 aliphatic carbocycles. The van der Waals surface area contributed by atoms with E-state index in [0.717, 1.165) is 14.9 Å². The maximum atomic E-state index is 12.6. The van der Waals surface area contributed by atoms with Gasteiger partial charge in [-0.1, -0.05) is 22.0 Å². The first kappa shape index (κ1) is 16.3. The largest absolute Gasteiger partial charge is 0.459 e. The second-order valence-electron chi connectivity index (χ2n) is 5.77. The number of rotatable bonds is 2. The number of halogens is 1. The third-order valence-corrected chi connectivity index (χ3v) is 5.45. The number of hydrogen-bond acceptors (Lipinski definition) is 6. The van der Waals surface area contributed by atoms with Gasteiger partial charge in [0.05, 0.1) is 11.1 Å². The van der Waals surface area contributed by atoms with E-state index in [9.17, 15) is 4.79 Å². The van der Waals surface area contributed by atoms with Gasteiger partial charge in [-0.3, -0.25) is 0 Å². The highest BCUT2D eigenvalue weighted by Gasteiger charge is 2.31. The van der Waals surface area contributed by atoms with E-state index in [-0.39, 0.29) is 11.6 Å². The number of fused-ring (bicyclic) bond motifs is 1. The zero-order valence-corrected chi connectivity index (χ0v) is 16.0. The summed E-state index contributed by atoms with van der Waals surface area (Å²) in [5, 5.41) is 1.97. The van der Waals surface area contributed by atoms with E-state index >= 15 is 0 Å². The standard InChI is InChI=1S/C20H10BrNO4S/c21-11-5-6-14-12(9-11)13(10-16(25-14)17-4-2-8-27-17)18-20(23)26-19(22-18)15-3-1-7-24-15/h1-10H/b18-13-. The molecule has 0 N–H and O–H groups in total. The number of thiophene rings is 1. The number of nitrogens with zero attached hydrogens (tertiary/aromatic N) is 1. The van der Waals surface area contributed by atoms with Crippen molar-refractivity contribution < 1.29 is 18.7 Å². The SMILES string of the molecule is O=C1OC(c2ccco2)=N/C1=C1/C=C(c2cccs2)Oc2ccc(Br)cc21. The molecule has 0 saturated carbocycles. The number of allylic oxidation sites excluding steroid dienone is 2. The molecule has 0 bridgehead atoms. The van der Waals surface area contributed by atoms with E-state index in [1.54, 1.807) is 23.5 Å². The van der Waals surface area contributed by atoms with Crippen LogP contribution in [0.3, 0.4) is 0 Å². The van der Waals surface area contributed by atoms with Gasteiger partial charge in [-0.05, 0) is 47.9 Å². The van der Waals surface area contributed by atoms with Crippen LogP contribution in [0, 0.1) is 0 Å². The summed E-state index contributed by atoms with van der Waals surface area (Å²) in [6, 6.07) is 13.0. The number of benzene rings is 1. The number of carbonyl (C=O) groups is 1. The van der Waals surface area contributed by atoms with Crippen molar-refractivity contribution >= 4 is 50.5 Å². The molecule has 0 atom stereocenters. The number of furan rings is 1. The minimum Gasteiger partial charge on any atom is -0.459 e. The van der Waals surface area contributed by atoms with Crippen molar-refractivity contribution in [1.29, 1.82) is 0 Å². The fraction of sp³-hybridized carbons (Fsp3) is 0. The molecular weight excluding hydrogens is 430 g/mol. The number of aliphatic imine (C=N–C) groups is 1. The summed E-state index contributed by atoms with van der Waals surface area (Å²) in [6.07, 6.45) is 3.33. The normalized spacial score (nSPS) is 18.5. The van der Waals surface area contributed by atoms with Crippen LogP contribution in [-0.4, -0.2) is 11.9 Å². The Balaban J connectivity index is 1.72. The lowest BCUT2D eigenvalue weighted by molar-refractivity contribution is -0.130. The average molecular weight is 440 g/mol. The van der Waals surface area contributed by atoms with Crippen molar-refractivity contribution in [2.24, 2.45) is 4.99 Å². The molecule has 27 heavy (non-hydrogen) atoms. The van der Waals surface area contributed by atoms with Gasteiger partial charge in [0.25, 0.3) is 5.90 Å². The number of cyclic esters (lactones) is 1. The fourth-order valence-corrected chi connectivity index (χ4v) is 3.92. The lowest BCUT2D eigenvalue weighted by Gasteiger charge is -2.20. The molecule has 2 aliphatic heterocycles.